The van der Waals surface area contributed by atoms with E-state index < -0.39 is 11.8 Å². The highest BCUT2D eigenvalue weighted by Gasteiger charge is 2.52. The van der Waals surface area contributed by atoms with E-state index in [0.717, 1.165) is 30.7 Å². The number of ketones is 1. The average Bonchev–Trinajstić information content (AvgIpc) is 3.03. The molecule has 1 aliphatic carbocycles. The minimum absolute atomic E-state index is 0.178. The number of methoxy groups -OCH3 is 1. The van der Waals surface area contributed by atoms with Crippen LogP contribution in [0.15, 0.2) is 48.5 Å². The summed E-state index contributed by atoms with van der Waals surface area (Å²) in [7, 11) is 1.42. The van der Waals surface area contributed by atoms with Gasteiger partial charge in [0.05, 0.1) is 5.56 Å². The van der Waals surface area contributed by atoms with E-state index in [9.17, 15) is 9.59 Å². The fourth-order valence-electron chi connectivity index (χ4n) is 4.49. The molecule has 1 saturated carbocycles. The Labute approximate surface area is 169 Å². The lowest BCUT2D eigenvalue weighted by Crippen LogP contribution is -2.39. The molecule has 2 aliphatic rings. The second kappa shape index (κ2) is 7.69. The van der Waals surface area contributed by atoms with Crippen molar-refractivity contribution >= 4 is 23.4 Å². The van der Waals surface area contributed by atoms with Gasteiger partial charge in [0, 0.05) is 24.1 Å². The molecule has 146 valence electrons. The maximum absolute atomic E-state index is 13.1. The van der Waals surface area contributed by atoms with Crippen molar-refractivity contribution < 1.29 is 19.1 Å². The zero-order chi connectivity index (χ0) is 19.7. The predicted octanol–water partition coefficient (Wildman–Crippen LogP) is 5.24. The zero-order valence-corrected chi connectivity index (χ0v) is 16.6. The lowest BCUT2D eigenvalue weighted by Gasteiger charge is -2.31. The van der Waals surface area contributed by atoms with Gasteiger partial charge in [-0.15, -0.1) is 0 Å². The summed E-state index contributed by atoms with van der Waals surface area (Å²) in [4.78, 5) is 25.3. The monoisotopic (exact) mass is 398 g/mol. The van der Waals surface area contributed by atoms with Crippen LogP contribution in [0.5, 0.6) is 0 Å². The third-order valence-electron chi connectivity index (χ3n) is 6.05. The van der Waals surface area contributed by atoms with Gasteiger partial charge in [-0.1, -0.05) is 41.9 Å². The van der Waals surface area contributed by atoms with Crippen LogP contribution >= 0.6 is 11.6 Å². The summed E-state index contributed by atoms with van der Waals surface area (Å²) >= 11 is 5.98. The third-order valence-corrected chi connectivity index (χ3v) is 6.31. The second-order valence-electron chi connectivity index (χ2n) is 7.65. The Morgan fingerprint density at radius 2 is 1.79 bits per heavy atom. The van der Waals surface area contributed by atoms with E-state index in [4.69, 9.17) is 21.1 Å². The molecule has 4 rings (SSSR count). The fraction of sp³-hybridized carbons (Fsp3) is 0.391. The van der Waals surface area contributed by atoms with Crippen molar-refractivity contribution in [2.75, 3.05) is 7.11 Å². The first-order valence-corrected chi connectivity index (χ1v) is 10.1. The molecule has 0 spiro atoms. The van der Waals surface area contributed by atoms with Gasteiger partial charge in [0.25, 0.3) is 0 Å². The lowest BCUT2D eigenvalue weighted by molar-refractivity contribution is -0.196. The molecule has 0 radical (unpaired) electrons. The molecule has 0 bridgehead atoms. The second-order valence-corrected chi connectivity index (χ2v) is 8.09. The SMILES string of the molecule is COC1(C(=O)CC2CCC(c3ccc(Cl)cc3)CC2)OC(=O)c2ccccc21. The highest BCUT2D eigenvalue weighted by Crippen LogP contribution is 2.42. The summed E-state index contributed by atoms with van der Waals surface area (Å²) in [5.74, 6) is -1.50. The van der Waals surface area contributed by atoms with E-state index in [1.807, 2.05) is 12.1 Å². The molecule has 0 aromatic heterocycles. The van der Waals surface area contributed by atoms with Gasteiger partial charge in [-0.2, -0.15) is 0 Å². The van der Waals surface area contributed by atoms with Gasteiger partial charge in [-0.05, 0) is 61.3 Å². The summed E-state index contributed by atoms with van der Waals surface area (Å²) in [5.41, 5.74) is 2.23. The molecule has 4 nitrogen and oxygen atoms in total. The number of carbonyl (C=O) groups excluding carboxylic acids is 2. The van der Waals surface area contributed by atoms with Crippen molar-refractivity contribution in [1.29, 1.82) is 0 Å². The summed E-state index contributed by atoms with van der Waals surface area (Å²) in [6.45, 7) is 0. The maximum atomic E-state index is 13.1. The standard InChI is InChI=1S/C23H23ClO4/c1-27-23(20-5-3-2-4-19(20)22(26)28-23)21(25)14-15-6-8-16(9-7-15)17-10-12-18(24)13-11-17/h2-5,10-13,15-16H,6-9,14H2,1H3. The molecular formula is C23H23ClO4. The van der Waals surface area contributed by atoms with Crippen LogP contribution in [0, 0.1) is 5.92 Å². The van der Waals surface area contributed by atoms with Crippen molar-refractivity contribution in [3.8, 4) is 0 Å². The molecule has 5 heteroatoms. The van der Waals surface area contributed by atoms with Crippen LogP contribution in [0.25, 0.3) is 0 Å². The zero-order valence-electron chi connectivity index (χ0n) is 15.8. The summed E-state index contributed by atoms with van der Waals surface area (Å²) in [5, 5.41) is 0.749. The van der Waals surface area contributed by atoms with Gasteiger partial charge in [0.1, 0.15) is 0 Å². The number of hydrogen-bond donors (Lipinski definition) is 0. The largest absolute Gasteiger partial charge is 0.417 e. The number of benzene rings is 2. The number of Topliss-reactive ketones (excluding diaryl/α,β-unsaturated/α-hetero) is 1. The van der Waals surface area contributed by atoms with Crippen LogP contribution in [0.2, 0.25) is 5.02 Å². The van der Waals surface area contributed by atoms with E-state index in [1.54, 1.807) is 24.3 Å². The number of rotatable bonds is 5. The Morgan fingerprint density at radius 1 is 1.11 bits per heavy atom. The van der Waals surface area contributed by atoms with Crippen molar-refractivity contribution in [3.05, 3.63) is 70.2 Å². The molecule has 1 fully saturated rings. The molecule has 2 aromatic rings. The van der Waals surface area contributed by atoms with Crippen molar-refractivity contribution in [3.63, 3.8) is 0 Å². The van der Waals surface area contributed by atoms with E-state index in [1.165, 1.54) is 12.7 Å². The van der Waals surface area contributed by atoms with Gasteiger partial charge in [-0.25, -0.2) is 4.79 Å². The summed E-state index contributed by atoms with van der Waals surface area (Å²) < 4.78 is 10.9. The van der Waals surface area contributed by atoms with Gasteiger partial charge in [0.2, 0.25) is 5.78 Å². The number of cyclic esters (lactones) is 1. The maximum Gasteiger partial charge on any atom is 0.341 e. The Morgan fingerprint density at radius 3 is 2.46 bits per heavy atom. The molecular weight excluding hydrogens is 376 g/mol. The Hall–Kier alpha value is -2.17. The Balaban J connectivity index is 1.43. The normalized spacial score (nSPS) is 26.6. The first kappa shape index (κ1) is 19.2. The van der Waals surface area contributed by atoms with E-state index in [0.29, 0.717) is 23.5 Å². The molecule has 0 saturated heterocycles. The first-order chi connectivity index (χ1) is 13.5. The fourth-order valence-corrected chi connectivity index (χ4v) is 4.62. The molecule has 2 aromatic carbocycles. The Kier molecular flexibility index (Phi) is 5.26. The van der Waals surface area contributed by atoms with E-state index >= 15 is 0 Å². The molecule has 1 atom stereocenters. The molecule has 1 unspecified atom stereocenters. The van der Waals surface area contributed by atoms with Crippen molar-refractivity contribution in [2.45, 2.75) is 43.8 Å². The average molecular weight is 399 g/mol. The Bertz CT molecular complexity index is 884. The van der Waals surface area contributed by atoms with Crippen LogP contribution in [-0.2, 0) is 20.1 Å². The first-order valence-electron chi connectivity index (χ1n) is 9.70. The highest BCUT2D eigenvalue weighted by molar-refractivity contribution is 6.30. The number of hydrogen-bond acceptors (Lipinski definition) is 4. The number of ether oxygens (including phenoxy) is 2. The van der Waals surface area contributed by atoms with Crippen LogP contribution in [-0.4, -0.2) is 18.9 Å². The van der Waals surface area contributed by atoms with E-state index in [2.05, 4.69) is 12.1 Å². The summed E-state index contributed by atoms with van der Waals surface area (Å²) in [6, 6.07) is 15.0. The van der Waals surface area contributed by atoms with Crippen molar-refractivity contribution in [1.82, 2.24) is 0 Å². The summed E-state index contributed by atoms with van der Waals surface area (Å²) in [6.07, 6.45) is 4.36. The highest BCUT2D eigenvalue weighted by atomic mass is 35.5. The topological polar surface area (TPSA) is 52.6 Å². The molecule has 1 heterocycles. The third kappa shape index (κ3) is 3.36. The quantitative estimate of drug-likeness (QED) is 0.646. The van der Waals surface area contributed by atoms with Gasteiger partial charge in [-0.3, -0.25) is 4.79 Å². The molecule has 28 heavy (non-hydrogen) atoms. The minimum atomic E-state index is -1.60. The number of esters is 1. The number of fused-ring (bicyclic) bond motifs is 1. The van der Waals surface area contributed by atoms with Gasteiger partial charge >= 0.3 is 11.8 Å². The van der Waals surface area contributed by atoms with Crippen LogP contribution < -0.4 is 0 Å². The van der Waals surface area contributed by atoms with Crippen LogP contribution in [0.1, 0.15) is 59.5 Å². The minimum Gasteiger partial charge on any atom is -0.417 e. The molecule has 0 N–H and O–H groups in total. The van der Waals surface area contributed by atoms with Crippen LogP contribution in [0.3, 0.4) is 0 Å². The van der Waals surface area contributed by atoms with Crippen LogP contribution in [0.4, 0.5) is 0 Å². The molecule has 1 aliphatic heterocycles. The smallest absolute Gasteiger partial charge is 0.341 e. The predicted molar refractivity (Wildman–Crippen MR) is 106 cm³/mol. The van der Waals surface area contributed by atoms with E-state index in [-0.39, 0.29) is 11.7 Å². The van der Waals surface area contributed by atoms with Crippen molar-refractivity contribution in [2.24, 2.45) is 5.92 Å². The number of carbonyl (C=O) groups is 2. The van der Waals surface area contributed by atoms with Gasteiger partial charge < -0.3 is 9.47 Å². The number of halogens is 1. The molecule has 0 amide bonds. The van der Waals surface area contributed by atoms with Gasteiger partial charge in [0.15, 0.2) is 0 Å². The lowest BCUT2D eigenvalue weighted by atomic mass is 9.76.